The Balaban J connectivity index is 1.91. The molecule has 0 saturated heterocycles. The Hall–Kier alpha value is -2.33. The minimum Gasteiger partial charge on any atom is -0.493 e. The van der Waals surface area contributed by atoms with Crippen molar-refractivity contribution in [1.29, 1.82) is 0 Å². The van der Waals surface area contributed by atoms with E-state index in [-0.39, 0.29) is 5.41 Å². The van der Waals surface area contributed by atoms with Gasteiger partial charge in [-0.05, 0) is 41.3 Å². The van der Waals surface area contributed by atoms with Crippen molar-refractivity contribution in [3.8, 4) is 5.75 Å². The average molecular weight is 355 g/mol. The lowest BCUT2D eigenvalue weighted by molar-refractivity contribution is 0.0696. The van der Waals surface area contributed by atoms with Crippen LogP contribution in [-0.2, 0) is 12.0 Å². The molecule has 140 valence electrons. The summed E-state index contributed by atoms with van der Waals surface area (Å²) in [5.41, 5.74) is 2.49. The van der Waals surface area contributed by atoms with E-state index in [1.54, 1.807) is 18.2 Å². The van der Waals surface area contributed by atoms with E-state index in [9.17, 15) is 4.79 Å². The largest absolute Gasteiger partial charge is 0.493 e. The van der Waals surface area contributed by atoms with Gasteiger partial charge in [-0.2, -0.15) is 0 Å². The molecule has 0 fully saturated rings. The third-order valence-electron chi connectivity index (χ3n) is 4.29. The van der Waals surface area contributed by atoms with Gasteiger partial charge < -0.3 is 15.2 Å². The highest BCUT2D eigenvalue weighted by atomic mass is 16.5. The lowest BCUT2D eigenvalue weighted by Crippen LogP contribution is -2.32. The third kappa shape index (κ3) is 5.88. The number of carbonyl (C=O) groups is 1. The van der Waals surface area contributed by atoms with Gasteiger partial charge >= 0.3 is 5.97 Å². The van der Waals surface area contributed by atoms with Crippen molar-refractivity contribution in [2.24, 2.45) is 5.92 Å². The van der Waals surface area contributed by atoms with Crippen molar-refractivity contribution >= 4 is 5.97 Å². The molecule has 0 saturated carbocycles. The van der Waals surface area contributed by atoms with Crippen molar-refractivity contribution in [1.82, 2.24) is 5.32 Å². The minimum atomic E-state index is -0.896. The molecule has 0 heterocycles. The summed E-state index contributed by atoms with van der Waals surface area (Å²) in [6, 6.07) is 15.3. The third-order valence-corrected chi connectivity index (χ3v) is 4.29. The van der Waals surface area contributed by atoms with Gasteiger partial charge in [0.25, 0.3) is 0 Å². The lowest BCUT2D eigenvalue weighted by atomic mass is 9.84. The molecule has 2 rings (SSSR count). The molecule has 0 aliphatic carbocycles. The maximum Gasteiger partial charge on any atom is 0.335 e. The summed E-state index contributed by atoms with van der Waals surface area (Å²) in [5.74, 6) is 0.513. The second kappa shape index (κ2) is 8.86. The molecule has 4 nitrogen and oxygen atoms in total. The zero-order chi connectivity index (χ0) is 19.2. The first-order chi connectivity index (χ1) is 12.3. The van der Waals surface area contributed by atoms with Crippen molar-refractivity contribution in [2.45, 2.75) is 39.7 Å². The second-order valence-electron chi connectivity index (χ2n) is 7.72. The van der Waals surface area contributed by atoms with E-state index in [2.05, 4.69) is 45.1 Å². The average Bonchev–Trinajstić information content (AvgIpc) is 2.60. The highest BCUT2D eigenvalue weighted by molar-refractivity contribution is 5.87. The molecule has 0 bridgehead atoms. The molecule has 0 spiro atoms. The first kappa shape index (κ1) is 20.0. The Morgan fingerprint density at radius 3 is 2.46 bits per heavy atom. The topological polar surface area (TPSA) is 58.6 Å². The number of benzene rings is 2. The number of rotatable bonds is 9. The number of aromatic carboxylic acids is 1. The zero-order valence-corrected chi connectivity index (χ0v) is 16.1. The molecule has 2 aromatic rings. The van der Waals surface area contributed by atoms with Crippen LogP contribution in [0.25, 0.3) is 0 Å². The maximum absolute atomic E-state index is 11.1. The van der Waals surface area contributed by atoms with Gasteiger partial charge in [0.1, 0.15) is 5.75 Å². The highest BCUT2D eigenvalue weighted by Gasteiger charge is 2.20. The molecule has 0 aliphatic rings. The molecule has 0 atom stereocenters. The molecule has 0 amide bonds. The van der Waals surface area contributed by atoms with Crippen molar-refractivity contribution in [3.05, 3.63) is 65.2 Å². The highest BCUT2D eigenvalue weighted by Crippen LogP contribution is 2.25. The van der Waals surface area contributed by atoms with E-state index in [4.69, 9.17) is 9.84 Å². The molecule has 4 heteroatoms. The van der Waals surface area contributed by atoms with Crippen molar-refractivity contribution in [3.63, 3.8) is 0 Å². The number of nitrogens with one attached hydrogen (secondary N) is 1. The SMILES string of the molecule is CC(C)COc1ccc(C(C)(C)CNCc2cccc(C(=O)O)c2)cc1. The van der Waals surface area contributed by atoms with Gasteiger partial charge in [0, 0.05) is 18.5 Å². The Morgan fingerprint density at radius 1 is 1.15 bits per heavy atom. The predicted molar refractivity (Wildman–Crippen MR) is 105 cm³/mol. The fourth-order valence-corrected chi connectivity index (χ4v) is 2.70. The van der Waals surface area contributed by atoms with Gasteiger partial charge in [0.2, 0.25) is 0 Å². The first-order valence-corrected chi connectivity index (χ1v) is 9.04. The molecule has 0 unspecified atom stereocenters. The van der Waals surface area contributed by atoms with E-state index in [0.717, 1.165) is 24.5 Å². The quantitative estimate of drug-likeness (QED) is 0.696. The van der Waals surface area contributed by atoms with Gasteiger partial charge in [-0.3, -0.25) is 0 Å². The lowest BCUT2D eigenvalue weighted by Gasteiger charge is -2.26. The maximum atomic E-state index is 11.1. The number of hydrogen-bond donors (Lipinski definition) is 2. The summed E-state index contributed by atoms with van der Waals surface area (Å²) >= 11 is 0. The van der Waals surface area contributed by atoms with Crippen LogP contribution in [0.5, 0.6) is 5.75 Å². The van der Waals surface area contributed by atoms with Gasteiger partial charge in [-0.25, -0.2) is 4.79 Å². The summed E-state index contributed by atoms with van der Waals surface area (Å²) in [4.78, 5) is 11.1. The standard InChI is InChI=1S/C22H29NO3/c1-16(2)14-26-20-10-8-19(9-11-20)22(3,4)15-23-13-17-6-5-7-18(12-17)21(24)25/h5-12,16,23H,13-15H2,1-4H3,(H,24,25). The smallest absolute Gasteiger partial charge is 0.335 e. The summed E-state index contributed by atoms with van der Waals surface area (Å²) in [5, 5.41) is 12.5. The van der Waals surface area contributed by atoms with Crippen LogP contribution in [0.3, 0.4) is 0 Å². The predicted octanol–water partition coefficient (Wildman–Crippen LogP) is 4.49. The van der Waals surface area contributed by atoms with Gasteiger partial charge in [0.15, 0.2) is 0 Å². The molecular weight excluding hydrogens is 326 g/mol. The summed E-state index contributed by atoms with van der Waals surface area (Å²) in [6.45, 7) is 10.8. The van der Waals surface area contributed by atoms with Crippen LogP contribution >= 0.6 is 0 Å². The van der Waals surface area contributed by atoms with Crippen LogP contribution in [0.15, 0.2) is 48.5 Å². The fourth-order valence-electron chi connectivity index (χ4n) is 2.70. The van der Waals surface area contributed by atoms with Crippen LogP contribution in [0.4, 0.5) is 0 Å². The van der Waals surface area contributed by atoms with Crippen molar-refractivity contribution in [2.75, 3.05) is 13.2 Å². The first-order valence-electron chi connectivity index (χ1n) is 9.04. The molecule has 2 N–H and O–H groups in total. The van der Waals surface area contributed by atoms with Crippen LogP contribution in [0.1, 0.15) is 49.2 Å². The van der Waals surface area contributed by atoms with Crippen LogP contribution in [-0.4, -0.2) is 24.2 Å². The Bertz CT molecular complexity index is 720. The number of carboxylic acid groups (broad SMARTS) is 1. The van der Waals surface area contributed by atoms with Crippen LogP contribution < -0.4 is 10.1 Å². The van der Waals surface area contributed by atoms with E-state index < -0.39 is 5.97 Å². The Kier molecular flexibility index (Phi) is 6.81. The van der Waals surface area contributed by atoms with E-state index >= 15 is 0 Å². The fraction of sp³-hybridized carbons (Fsp3) is 0.409. The van der Waals surface area contributed by atoms with Crippen LogP contribution in [0, 0.1) is 5.92 Å². The summed E-state index contributed by atoms with van der Waals surface area (Å²) < 4.78 is 5.74. The zero-order valence-electron chi connectivity index (χ0n) is 16.1. The molecule has 0 radical (unpaired) electrons. The Morgan fingerprint density at radius 2 is 1.85 bits per heavy atom. The van der Waals surface area contributed by atoms with Crippen LogP contribution in [0.2, 0.25) is 0 Å². The van der Waals surface area contributed by atoms with E-state index in [1.165, 1.54) is 5.56 Å². The molecule has 0 aromatic heterocycles. The normalized spacial score (nSPS) is 11.6. The molecule has 0 aliphatic heterocycles. The number of hydrogen-bond acceptors (Lipinski definition) is 3. The Labute approximate surface area is 156 Å². The summed E-state index contributed by atoms with van der Waals surface area (Å²) in [6.07, 6.45) is 0. The van der Waals surface area contributed by atoms with Gasteiger partial charge in [-0.1, -0.05) is 52.0 Å². The van der Waals surface area contributed by atoms with E-state index in [1.807, 2.05) is 18.2 Å². The molecule has 2 aromatic carbocycles. The van der Waals surface area contributed by atoms with Gasteiger partial charge in [-0.15, -0.1) is 0 Å². The minimum absolute atomic E-state index is 0.0407. The second-order valence-corrected chi connectivity index (χ2v) is 7.72. The molecule has 26 heavy (non-hydrogen) atoms. The van der Waals surface area contributed by atoms with Crippen molar-refractivity contribution < 1.29 is 14.6 Å². The number of carboxylic acids is 1. The number of ether oxygens (including phenoxy) is 1. The summed E-state index contributed by atoms with van der Waals surface area (Å²) in [7, 11) is 0. The monoisotopic (exact) mass is 355 g/mol. The molecular formula is C22H29NO3. The van der Waals surface area contributed by atoms with Gasteiger partial charge in [0.05, 0.1) is 12.2 Å². The van der Waals surface area contributed by atoms with E-state index in [0.29, 0.717) is 18.0 Å².